The van der Waals surface area contributed by atoms with E-state index < -0.39 is 11.9 Å². The molecule has 2 saturated carbocycles. The van der Waals surface area contributed by atoms with Gasteiger partial charge in [-0.1, -0.05) is 27.4 Å². The van der Waals surface area contributed by atoms with E-state index in [0.717, 1.165) is 19.1 Å². The smallest absolute Gasteiger partial charge is 0.337 e. The molecule has 0 aliphatic heterocycles. The molecule has 22 heavy (non-hydrogen) atoms. The minimum Gasteiger partial charge on any atom is -0.458 e. The number of ether oxygens (including phenoxy) is 2. The molecule has 0 heterocycles. The Labute approximate surface area is 132 Å². The van der Waals surface area contributed by atoms with Gasteiger partial charge in [0.1, 0.15) is 12.4 Å². The van der Waals surface area contributed by atoms with E-state index in [4.69, 9.17) is 9.47 Å². The lowest BCUT2D eigenvalue weighted by Crippen LogP contribution is -2.38. The summed E-state index contributed by atoms with van der Waals surface area (Å²) in [6.45, 7) is 13.4. The van der Waals surface area contributed by atoms with Crippen LogP contribution in [0.15, 0.2) is 24.0 Å². The lowest BCUT2D eigenvalue weighted by molar-refractivity contribution is -0.152. The SMILES string of the molecule is C=C(C)C(=O)OC=C(C)C(=O)OC1C[C@H]2CC[C@@]1(C)C2(C)C. The van der Waals surface area contributed by atoms with Gasteiger partial charge in [0, 0.05) is 11.0 Å². The van der Waals surface area contributed by atoms with E-state index in [0.29, 0.717) is 17.1 Å². The van der Waals surface area contributed by atoms with Crippen LogP contribution in [0.25, 0.3) is 0 Å². The van der Waals surface area contributed by atoms with Gasteiger partial charge in [-0.2, -0.15) is 0 Å². The molecule has 2 aliphatic carbocycles. The Balaban J connectivity index is 2.00. The van der Waals surface area contributed by atoms with Crippen LogP contribution < -0.4 is 0 Å². The summed E-state index contributed by atoms with van der Waals surface area (Å²) in [5, 5.41) is 0. The standard InChI is InChI=1S/C18H26O4/c1-11(2)15(19)21-10-12(3)16(20)22-14-9-13-7-8-18(14,6)17(13,4)5/h10,13-14H,1,7-9H2,2-6H3/t13-,14?,18-/m1/s1. The van der Waals surface area contributed by atoms with E-state index in [2.05, 4.69) is 27.4 Å². The molecular weight excluding hydrogens is 280 g/mol. The molecule has 1 unspecified atom stereocenters. The summed E-state index contributed by atoms with van der Waals surface area (Å²) < 4.78 is 10.6. The lowest BCUT2D eigenvalue weighted by Gasteiger charge is -2.38. The van der Waals surface area contributed by atoms with Gasteiger partial charge in [0.15, 0.2) is 0 Å². The molecule has 0 spiro atoms. The summed E-state index contributed by atoms with van der Waals surface area (Å²) in [7, 11) is 0. The fourth-order valence-corrected chi connectivity index (χ4v) is 3.82. The van der Waals surface area contributed by atoms with Crippen molar-refractivity contribution < 1.29 is 19.1 Å². The average Bonchev–Trinajstić information content (AvgIpc) is 2.77. The predicted molar refractivity (Wildman–Crippen MR) is 83.8 cm³/mol. The number of hydrogen-bond acceptors (Lipinski definition) is 4. The molecule has 2 fully saturated rings. The highest BCUT2D eigenvalue weighted by molar-refractivity contribution is 5.90. The average molecular weight is 306 g/mol. The van der Waals surface area contributed by atoms with E-state index in [-0.39, 0.29) is 16.9 Å². The Kier molecular flexibility index (Phi) is 4.24. The number of hydrogen-bond donors (Lipinski definition) is 0. The van der Waals surface area contributed by atoms with E-state index in [1.165, 1.54) is 6.42 Å². The van der Waals surface area contributed by atoms with Gasteiger partial charge in [0.05, 0.1) is 5.57 Å². The van der Waals surface area contributed by atoms with E-state index >= 15 is 0 Å². The summed E-state index contributed by atoms with van der Waals surface area (Å²) in [5.41, 5.74) is 0.808. The quantitative estimate of drug-likeness (QED) is 0.451. The first-order valence-corrected chi connectivity index (χ1v) is 7.84. The minimum atomic E-state index is -0.542. The summed E-state index contributed by atoms with van der Waals surface area (Å²) in [6.07, 6.45) is 4.32. The number of carbonyl (C=O) groups excluding carboxylic acids is 2. The van der Waals surface area contributed by atoms with Crippen LogP contribution in [0.1, 0.15) is 53.9 Å². The molecule has 2 aliphatic rings. The zero-order chi connectivity index (χ0) is 16.7. The Hall–Kier alpha value is -1.58. The van der Waals surface area contributed by atoms with Crippen LogP contribution in [0.5, 0.6) is 0 Å². The summed E-state index contributed by atoms with van der Waals surface area (Å²) in [6, 6.07) is 0. The van der Waals surface area contributed by atoms with Crippen molar-refractivity contribution in [2.45, 2.75) is 60.0 Å². The topological polar surface area (TPSA) is 52.6 Å². The van der Waals surface area contributed by atoms with Gasteiger partial charge in [-0.15, -0.1) is 0 Å². The molecule has 0 aromatic rings. The molecular formula is C18H26O4. The second-order valence-corrected chi connectivity index (χ2v) is 7.49. The monoisotopic (exact) mass is 306 g/mol. The van der Waals surface area contributed by atoms with Crippen LogP contribution in [0.3, 0.4) is 0 Å². The van der Waals surface area contributed by atoms with E-state index in [9.17, 15) is 9.59 Å². The van der Waals surface area contributed by atoms with Gasteiger partial charge in [-0.25, -0.2) is 9.59 Å². The van der Waals surface area contributed by atoms with Gasteiger partial charge >= 0.3 is 11.9 Å². The highest BCUT2D eigenvalue weighted by Crippen LogP contribution is 2.66. The van der Waals surface area contributed by atoms with Gasteiger partial charge < -0.3 is 9.47 Å². The van der Waals surface area contributed by atoms with Crippen LogP contribution in [0.4, 0.5) is 0 Å². The van der Waals surface area contributed by atoms with Gasteiger partial charge in [-0.05, 0) is 44.4 Å². The highest BCUT2D eigenvalue weighted by atomic mass is 16.6. The summed E-state index contributed by atoms with van der Waals surface area (Å²) in [5.74, 6) is -0.343. The molecule has 0 radical (unpaired) electrons. The number of fused-ring (bicyclic) bond motifs is 2. The zero-order valence-electron chi connectivity index (χ0n) is 14.2. The van der Waals surface area contributed by atoms with Crippen molar-refractivity contribution in [3.63, 3.8) is 0 Å². The number of carbonyl (C=O) groups is 2. The highest BCUT2D eigenvalue weighted by Gasteiger charge is 2.62. The van der Waals surface area contributed by atoms with Crippen molar-refractivity contribution in [3.05, 3.63) is 24.0 Å². The first-order valence-electron chi connectivity index (χ1n) is 7.84. The van der Waals surface area contributed by atoms with E-state index in [1.807, 2.05) is 0 Å². The number of rotatable bonds is 4. The molecule has 3 atom stereocenters. The van der Waals surface area contributed by atoms with E-state index in [1.54, 1.807) is 13.8 Å². The minimum absolute atomic E-state index is 0.0297. The Bertz CT molecular complexity index is 543. The number of esters is 2. The van der Waals surface area contributed by atoms with Crippen molar-refractivity contribution in [1.82, 2.24) is 0 Å². The largest absolute Gasteiger partial charge is 0.458 e. The maximum Gasteiger partial charge on any atom is 0.337 e. The molecule has 0 saturated heterocycles. The third-order valence-corrected chi connectivity index (χ3v) is 5.98. The van der Waals surface area contributed by atoms with Gasteiger partial charge in [0.25, 0.3) is 0 Å². The molecule has 0 aromatic heterocycles. The molecule has 2 bridgehead atoms. The van der Waals surface area contributed by atoms with Crippen molar-refractivity contribution in [1.29, 1.82) is 0 Å². The second kappa shape index (κ2) is 5.56. The van der Waals surface area contributed by atoms with Crippen LogP contribution in [0.2, 0.25) is 0 Å². The van der Waals surface area contributed by atoms with Crippen LogP contribution in [0, 0.1) is 16.7 Å². The zero-order valence-corrected chi connectivity index (χ0v) is 14.2. The Morgan fingerprint density at radius 3 is 2.27 bits per heavy atom. The maximum atomic E-state index is 12.2. The fourth-order valence-electron chi connectivity index (χ4n) is 3.82. The van der Waals surface area contributed by atoms with Crippen molar-refractivity contribution in [2.24, 2.45) is 16.7 Å². The second-order valence-electron chi connectivity index (χ2n) is 7.49. The fraction of sp³-hybridized carbons (Fsp3) is 0.667. The first kappa shape index (κ1) is 16.8. The van der Waals surface area contributed by atoms with Crippen LogP contribution >= 0.6 is 0 Å². The maximum absolute atomic E-state index is 12.2. The molecule has 0 amide bonds. The molecule has 2 rings (SSSR count). The van der Waals surface area contributed by atoms with Crippen molar-refractivity contribution in [3.8, 4) is 0 Å². The summed E-state index contributed by atoms with van der Waals surface area (Å²) >= 11 is 0. The van der Waals surface area contributed by atoms with Gasteiger partial charge in [0.2, 0.25) is 0 Å². The van der Waals surface area contributed by atoms with Crippen LogP contribution in [-0.4, -0.2) is 18.0 Å². The normalized spacial score (nSPS) is 32.7. The summed E-state index contributed by atoms with van der Waals surface area (Å²) in [4.78, 5) is 23.5. The molecule has 0 aromatic carbocycles. The Morgan fingerprint density at radius 1 is 1.18 bits per heavy atom. The molecule has 0 N–H and O–H groups in total. The third-order valence-electron chi connectivity index (χ3n) is 5.98. The van der Waals surface area contributed by atoms with Gasteiger partial charge in [-0.3, -0.25) is 0 Å². The molecule has 122 valence electrons. The lowest BCUT2D eigenvalue weighted by atomic mass is 9.70. The Morgan fingerprint density at radius 2 is 1.82 bits per heavy atom. The van der Waals surface area contributed by atoms with Crippen LogP contribution in [-0.2, 0) is 19.1 Å². The molecule has 4 nitrogen and oxygen atoms in total. The molecule has 4 heteroatoms. The van der Waals surface area contributed by atoms with Crippen molar-refractivity contribution in [2.75, 3.05) is 0 Å². The predicted octanol–water partition coefficient (Wildman–Crippen LogP) is 3.77. The first-order chi connectivity index (χ1) is 10.1. The van der Waals surface area contributed by atoms with Crippen molar-refractivity contribution >= 4 is 11.9 Å². The third kappa shape index (κ3) is 2.59.